The maximum atomic E-state index is 5.89. The lowest BCUT2D eigenvalue weighted by Crippen LogP contribution is -2.03. The zero-order chi connectivity index (χ0) is 22.8. The van der Waals surface area contributed by atoms with E-state index in [0.717, 1.165) is 49.4 Å². The molecule has 5 rings (SSSR count). The minimum absolute atomic E-state index is 0.380. The van der Waals surface area contributed by atoms with E-state index in [0.29, 0.717) is 12.3 Å². The maximum Gasteiger partial charge on any atom is 0.142 e. The fourth-order valence-corrected chi connectivity index (χ4v) is 4.60. The van der Waals surface area contributed by atoms with Crippen LogP contribution in [-0.4, -0.2) is 28.8 Å². The van der Waals surface area contributed by atoms with Gasteiger partial charge in [-0.05, 0) is 36.4 Å². The highest BCUT2D eigenvalue weighted by Gasteiger charge is 2.13. The van der Waals surface area contributed by atoms with Gasteiger partial charge in [-0.15, -0.1) is 11.3 Å². The molecule has 0 saturated carbocycles. The van der Waals surface area contributed by atoms with Gasteiger partial charge >= 0.3 is 0 Å². The number of nitrogens with two attached hydrogens (primary N) is 1. The number of nitrogens with zero attached hydrogens (tertiary/aromatic N) is 3. The number of fused-ring (bicyclic) bond motifs is 1. The molecule has 166 valence electrons. The third-order valence-electron chi connectivity index (χ3n) is 5.24. The Bertz CT molecular complexity index is 1410. The number of nitrogen functional groups attached to an aromatic ring is 1. The molecule has 0 bridgehead atoms. The van der Waals surface area contributed by atoms with E-state index in [2.05, 4.69) is 17.1 Å². The number of benzene rings is 3. The summed E-state index contributed by atoms with van der Waals surface area (Å²) in [6.07, 6.45) is 3.58. The number of aromatic nitrogens is 3. The Morgan fingerprint density at radius 3 is 2.58 bits per heavy atom. The Labute approximate surface area is 195 Å². The molecule has 0 fully saturated rings. The molecule has 2 heterocycles. The van der Waals surface area contributed by atoms with Gasteiger partial charge in [-0.1, -0.05) is 6.07 Å². The van der Waals surface area contributed by atoms with Crippen LogP contribution in [0.3, 0.4) is 0 Å². The average Bonchev–Trinajstić information content (AvgIpc) is 3.49. The number of thiazole rings is 1. The summed E-state index contributed by atoms with van der Waals surface area (Å²) in [5.41, 5.74) is 10.3. The molecule has 0 aliphatic heterocycles. The second kappa shape index (κ2) is 8.84. The van der Waals surface area contributed by atoms with Gasteiger partial charge in [0.15, 0.2) is 0 Å². The van der Waals surface area contributed by atoms with E-state index in [1.165, 1.54) is 0 Å². The lowest BCUT2D eigenvalue weighted by atomic mass is 10.2. The van der Waals surface area contributed by atoms with E-state index in [1.807, 2.05) is 47.0 Å². The van der Waals surface area contributed by atoms with Gasteiger partial charge in [-0.25, -0.2) is 9.97 Å². The predicted octanol–water partition coefficient (Wildman–Crippen LogP) is 5.33. The number of hydrogen-bond donors (Lipinski definition) is 1. The first-order valence-corrected chi connectivity index (χ1v) is 11.1. The van der Waals surface area contributed by atoms with Crippen LogP contribution in [0, 0.1) is 0 Å². The van der Waals surface area contributed by atoms with E-state index in [4.69, 9.17) is 24.9 Å². The number of imidazole rings is 1. The van der Waals surface area contributed by atoms with Gasteiger partial charge < -0.3 is 19.9 Å². The van der Waals surface area contributed by atoms with Gasteiger partial charge in [-0.3, -0.25) is 4.57 Å². The van der Waals surface area contributed by atoms with Crippen molar-refractivity contribution in [2.45, 2.75) is 6.61 Å². The third-order valence-corrected chi connectivity index (χ3v) is 6.37. The third kappa shape index (κ3) is 4.20. The largest absolute Gasteiger partial charge is 0.497 e. The van der Waals surface area contributed by atoms with Gasteiger partial charge in [0.25, 0.3) is 0 Å². The van der Waals surface area contributed by atoms with Crippen LogP contribution in [0.4, 0.5) is 5.69 Å². The average molecular weight is 459 g/mol. The summed E-state index contributed by atoms with van der Waals surface area (Å²) in [7, 11) is 3.29. The summed E-state index contributed by atoms with van der Waals surface area (Å²) in [5, 5.41) is 0.916. The van der Waals surface area contributed by atoms with Crippen LogP contribution in [0.5, 0.6) is 17.2 Å². The van der Waals surface area contributed by atoms with Crippen molar-refractivity contribution >= 4 is 27.2 Å². The number of methoxy groups -OCH3 is 2. The molecule has 2 aromatic heterocycles. The molecular weight excluding hydrogens is 436 g/mol. The molecule has 0 unspecified atom stereocenters. The Morgan fingerprint density at radius 1 is 0.970 bits per heavy atom. The van der Waals surface area contributed by atoms with Crippen LogP contribution >= 0.6 is 11.3 Å². The Kier molecular flexibility index (Phi) is 5.58. The van der Waals surface area contributed by atoms with Crippen LogP contribution in [0.15, 0.2) is 73.2 Å². The first-order valence-electron chi connectivity index (χ1n) is 10.3. The second-order valence-electron chi connectivity index (χ2n) is 7.36. The smallest absolute Gasteiger partial charge is 0.142 e. The number of anilines is 1. The van der Waals surface area contributed by atoms with Gasteiger partial charge in [0, 0.05) is 35.1 Å². The van der Waals surface area contributed by atoms with Gasteiger partial charge in [0.05, 0.1) is 42.7 Å². The lowest BCUT2D eigenvalue weighted by molar-refractivity contribution is 0.299. The minimum atomic E-state index is 0.380. The van der Waals surface area contributed by atoms with Crippen LogP contribution in [0.2, 0.25) is 0 Å². The monoisotopic (exact) mass is 458 g/mol. The lowest BCUT2D eigenvalue weighted by Gasteiger charge is -2.10. The van der Waals surface area contributed by atoms with Crippen LogP contribution in [-0.2, 0) is 6.61 Å². The van der Waals surface area contributed by atoms with Crippen molar-refractivity contribution in [2.24, 2.45) is 0 Å². The highest BCUT2D eigenvalue weighted by Crippen LogP contribution is 2.38. The number of rotatable bonds is 7. The minimum Gasteiger partial charge on any atom is -0.497 e. The van der Waals surface area contributed by atoms with Crippen molar-refractivity contribution in [1.82, 2.24) is 14.5 Å². The van der Waals surface area contributed by atoms with Crippen molar-refractivity contribution in [2.75, 3.05) is 20.0 Å². The van der Waals surface area contributed by atoms with E-state index in [9.17, 15) is 0 Å². The van der Waals surface area contributed by atoms with Crippen molar-refractivity contribution in [3.8, 4) is 33.5 Å². The molecule has 0 aliphatic rings. The van der Waals surface area contributed by atoms with Crippen LogP contribution < -0.4 is 19.9 Å². The number of ether oxygens (including phenoxy) is 3. The molecule has 3 aromatic carbocycles. The van der Waals surface area contributed by atoms with Gasteiger partial charge in [0.2, 0.25) is 0 Å². The first kappa shape index (κ1) is 20.8. The molecule has 0 radical (unpaired) electrons. The van der Waals surface area contributed by atoms with Crippen molar-refractivity contribution in [1.29, 1.82) is 0 Å². The van der Waals surface area contributed by atoms with E-state index in [-0.39, 0.29) is 0 Å². The first-order chi connectivity index (χ1) is 16.1. The molecule has 0 atom stereocenters. The summed E-state index contributed by atoms with van der Waals surface area (Å²) >= 11 is 1.59. The van der Waals surface area contributed by atoms with E-state index >= 15 is 0 Å². The molecule has 0 saturated heterocycles. The van der Waals surface area contributed by atoms with Gasteiger partial charge in [-0.2, -0.15) is 0 Å². The Morgan fingerprint density at radius 2 is 1.82 bits per heavy atom. The maximum absolute atomic E-state index is 5.89. The van der Waals surface area contributed by atoms with E-state index < -0.39 is 0 Å². The van der Waals surface area contributed by atoms with Crippen LogP contribution in [0.1, 0.15) is 5.69 Å². The molecule has 5 aromatic rings. The fraction of sp³-hybridized carbons (Fsp3) is 0.120. The summed E-state index contributed by atoms with van der Waals surface area (Å²) in [6, 6.07) is 19.4. The molecule has 2 N–H and O–H groups in total. The van der Waals surface area contributed by atoms with Crippen molar-refractivity contribution in [3.63, 3.8) is 0 Å². The van der Waals surface area contributed by atoms with E-state index in [1.54, 1.807) is 44.1 Å². The zero-order valence-electron chi connectivity index (χ0n) is 18.2. The standard InChI is InChI=1S/C25H22N4O3S/c1-30-21-11-22-24(23(12-21)31-2)33-25(28-22)16-6-8-18(9-7-16)29-15-27-13-19(29)14-32-20-5-3-4-17(26)10-20/h3-13,15H,14,26H2,1-2H3. The van der Waals surface area contributed by atoms with Crippen molar-refractivity contribution < 1.29 is 14.2 Å². The Hall–Kier alpha value is -4.04. The van der Waals surface area contributed by atoms with Crippen LogP contribution in [0.25, 0.3) is 26.5 Å². The van der Waals surface area contributed by atoms with Crippen molar-refractivity contribution in [3.05, 3.63) is 78.9 Å². The molecule has 0 amide bonds. The predicted molar refractivity (Wildman–Crippen MR) is 130 cm³/mol. The molecule has 0 aliphatic carbocycles. The Balaban J connectivity index is 1.39. The zero-order valence-corrected chi connectivity index (χ0v) is 19.0. The molecular formula is C25H22N4O3S. The normalized spacial score (nSPS) is 11.0. The summed E-state index contributed by atoms with van der Waals surface area (Å²) in [6.45, 7) is 0.380. The molecule has 8 heteroatoms. The molecule has 33 heavy (non-hydrogen) atoms. The topological polar surface area (TPSA) is 84.4 Å². The SMILES string of the molecule is COc1cc(OC)c2sc(-c3ccc(-n4cncc4COc4cccc(N)c4)cc3)nc2c1. The summed E-state index contributed by atoms with van der Waals surface area (Å²) < 4.78 is 19.8. The fourth-order valence-electron chi connectivity index (χ4n) is 3.56. The second-order valence-corrected chi connectivity index (χ2v) is 8.36. The highest BCUT2D eigenvalue weighted by atomic mass is 32.1. The van der Waals surface area contributed by atoms with Gasteiger partial charge in [0.1, 0.15) is 28.9 Å². The number of hydrogen-bond acceptors (Lipinski definition) is 7. The molecule has 0 spiro atoms. The summed E-state index contributed by atoms with van der Waals surface area (Å²) in [4.78, 5) is 9.08. The molecule has 7 nitrogen and oxygen atoms in total. The highest BCUT2D eigenvalue weighted by molar-refractivity contribution is 7.22. The quantitative estimate of drug-likeness (QED) is 0.332. The summed E-state index contributed by atoms with van der Waals surface area (Å²) in [5.74, 6) is 2.20.